The monoisotopic (exact) mass is 240 g/mol. The second-order valence-electron chi connectivity index (χ2n) is 6.65. The summed E-state index contributed by atoms with van der Waals surface area (Å²) in [7, 11) is 0. The minimum absolute atomic E-state index is 0.0172. The standard InChI is InChI=1S/C14H28N2O/c1-6-14(5)7-9-16(10-8-14)12(17)11-15-13(2,3)4/h15H,6-11H2,1-5H3. The van der Waals surface area contributed by atoms with Gasteiger partial charge in [0, 0.05) is 18.6 Å². The molecule has 1 heterocycles. The van der Waals surface area contributed by atoms with Crippen LogP contribution < -0.4 is 5.32 Å². The fourth-order valence-electron chi connectivity index (χ4n) is 2.10. The maximum absolute atomic E-state index is 12.0. The summed E-state index contributed by atoms with van der Waals surface area (Å²) in [6.07, 6.45) is 3.50. The van der Waals surface area contributed by atoms with Crippen LogP contribution in [-0.2, 0) is 4.79 Å². The zero-order chi connectivity index (χ0) is 13.1. The van der Waals surface area contributed by atoms with E-state index in [0.29, 0.717) is 12.0 Å². The minimum atomic E-state index is 0.0172. The van der Waals surface area contributed by atoms with Crippen LogP contribution in [0.4, 0.5) is 0 Å². The van der Waals surface area contributed by atoms with Gasteiger partial charge in [-0.05, 0) is 39.0 Å². The molecule has 3 nitrogen and oxygen atoms in total. The normalized spacial score (nSPS) is 20.4. The summed E-state index contributed by atoms with van der Waals surface area (Å²) in [5, 5.41) is 3.26. The fourth-order valence-corrected chi connectivity index (χ4v) is 2.10. The van der Waals surface area contributed by atoms with Crippen LogP contribution in [0.2, 0.25) is 0 Å². The number of nitrogens with zero attached hydrogens (tertiary/aromatic N) is 1. The number of likely N-dealkylation sites (tertiary alicyclic amines) is 1. The lowest BCUT2D eigenvalue weighted by Crippen LogP contribution is -2.48. The molecule has 17 heavy (non-hydrogen) atoms. The van der Waals surface area contributed by atoms with Gasteiger partial charge in [0.1, 0.15) is 0 Å². The van der Waals surface area contributed by atoms with Crippen molar-refractivity contribution >= 4 is 5.91 Å². The molecular weight excluding hydrogens is 212 g/mol. The molecule has 0 spiro atoms. The molecule has 1 rings (SSSR count). The molecule has 100 valence electrons. The second kappa shape index (κ2) is 5.38. The lowest BCUT2D eigenvalue weighted by atomic mass is 9.78. The highest BCUT2D eigenvalue weighted by molar-refractivity contribution is 5.78. The lowest BCUT2D eigenvalue weighted by molar-refractivity contribution is -0.132. The first-order valence-corrected chi connectivity index (χ1v) is 6.79. The van der Waals surface area contributed by atoms with Crippen LogP contribution in [0, 0.1) is 5.41 Å². The van der Waals surface area contributed by atoms with E-state index in [4.69, 9.17) is 0 Å². The zero-order valence-electron chi connectivity index (χ0n) is 12.1. The Kier molecular flexibility index (Phi) is 4.59. The van der Waals surface area contributed by atoms with Crippen molar-refractivity contribution in [1.82, 2.24) is 10.2 Å². The number of amides is 1. The fraction of sp³-hybridized carbons (Fsp3) is 0.929. The van der Waals surface area contributed by atoms with Gasteiger partial charge >= 0.3 is 0 Å². The number of carbonyl (C=O) groups is 1. The van der Waals surface area contributed by atoms with Gasteiger partial charge in [0.05, 0.1) is 6.54 Å². The second-order valence-corrected chi connectivity index (χ2v) is 6.65. The van der Waals surface area contributed by atoms with Gasteiger partial charge in [-0.2, -0.15) is 0 Å². The number of carbonyl (C=O) groups excluding carboxylic acids is 1. The van der Waals surface area contributed by atoms with Gasteiger partial charge in [-0.25, -0.2) is 0 Å². The van der Waals surface area contributed by atoms with Crippen LogP contribution in [0.3, 0.4) is 0 Å². The molecule has 0 aliphatic carbocycles. The molecular formula is C14H28N2O. The predicted octanol–water partition coefficient (Wildman–Crippen LogP) is 2.41. The molecule has 0 unspecified atom stereocenters. The Morgan fingerprint density at radius 2 is 1.82 bits per heavy atom. The van der Waals surface area contributed by atoms with Gasteiger partial charge in [0.25, 0.3) is 0 Å². The molecule has 1 aliphatic heterocycles. The molecule has 1 aliphatic rings. The summed E-state index contributed by atoms with van der Waals surface area (Å²) in [4.78, 5) is 14.0. The van der Waals surface area contributed by atoms with Crippen LogP contribution in [0.25, 0.3) is 0 Å². The summed E-state index contributed by atoms with van der Waals surface area (Å²) < 4.78 is 0. The average molecular weight is 240 g/mol. The third-order valence-corrected chi connectivity index (χ3v) is 3.95. The van der Waals surface area contributed by atoms with Crippen molar-refractivity contribution in [2.24, 2.45) is 5.41 Å². The highest BCUT2D eigenvalue weighted by atomic mass is 16.2. The molecule has 1 amide bonds. The van der Waals surface area contributed by atoms with E-state index >= 15 is 0 Å². The van der Waals surface area contributed by atoms with Gasteiger partial charge < -0.3 is 10.2 Å². The summed E-state index contributed by atoms with van der Waals surface area (Å²) in [6.45, 7) is 13.2. The molecule has 3 heteroatoms. The van der Waals surface area contributed by atoms with Crippen LogP contribution in [0.1, 0.15) is 53.9 Å². The third kappa shape index (κ3) is 4.66. The van der Waals surface area contributed by atoms with Crippen molar-refractivity contribution in [2.45, 2.75) is 59.4 Å². The zero-order valence-corrected chi connectivity index (χ0v) is 12.1. The number of hydrogen-bond donors (Lipinski definition) is 1. The molecule has 0 saturated carbocycles. The molecule has 0 aromatic heterocycles. The van der Waals surface area contributed by atoms with Gasteiger partial charge in [0.15, 0.2) is 0 Å². The maximum Gasteiger partial charge on any atom is 0.236 e. The first-order chi connectivity index (χ1) is 7.76. The largest absolute Gasteiger partial charge is 0.342 e. The SMILES string of the molecule is CCC1(C)CCN(C(=O)CNC(C)(C)C)CC1. The van der Waals surface area contributed by atoms with Crippen molar-refractivity contribution in [3.8, 4) is 0 Å². The predicted molar refractivity (Wildman–Crippen MR) is 72.0 cm³/mol. The molecule has 1 fully saturated rings. The number of piperidine rings is 1. The Hall–Kier alpha value is -0.570. The quantitative estimate of drug-likeness (QED) is 0.821. The van der Waals surface area contributed by atoms with Gasteiger partial charge in [-0.1, -0.05) is 20.3 Å². The number of hydrogen-bond acceptors (Lipinski definition) is 2. The number of nitrogens with one attached hydrogen (secondary N) is 1. The first kappa shape index (κ1) is 14.5. The van der Waals surface area contributed by atoms with Gasteiger partial charge in [-0.15, -0.1) is 0 Å². The van der Waals surface area contributed by atoms with Crippen LogP contribution in [0.15, 0.2) is 0 Å². The van der Waals surface area contributed by atoms with Crippen molar-refractivity contribution in [2.75, 3.05) is 19.6 Å². The molecule has 0 bridgehead atoms. The summed E-state index contributed by atoms with van der Waals surface area (Å²) in [5.41, 5.74) is 0.470. The average Bonchev–Trinajstić information content (AvgIpc) is 2.26. The summed E-state index contributed by atoms with van der Waals surface area (Å²) in [6, 6.07) is 0. The Balaban J connectivity index is 2.36. The Morgan fingerprint density at radius 3 is 2.24 bits per heavy atom. The first-order valence-electron chi connectivity index (χ1n) is 6.79. The third-order valence-electron chi connectivity index (χ3n) is 3.95. The van der Waals surface area contributed by atoms with E-state index in [-0.39, 0.29) is 11.4 Å². The van der Waals surface area contributed by atoms with Crippen LogP contribution >= 0.6 is 0 Å². The summed E-state index contributed by atoms with van der Waals surface area (Å²) >= 11 is 0. The molecule has 0 aromatic rings. The highest BCUT2D eigenvalue weighted by Crippen LogP contribution is 2.33. The van der Waals surface area contributed by atoms with E-state index in [0.717, 1.165) is 25.9 Å². The van der Waals surface area contributed by atoms with Gasteiger partial charge in [-0.3, -0.25) is 4.79 Å². The maximum atomic E-state index is 12.0. The van der Waals surface area contributed by atoms with E-state index in [1.54, 1.807) is 0 Å². The highest BCUT2D eigenvalue weighted by Gasteiger charge is 2.30. The Bertz CT molecular complexity index is 260. The van der Waals surface area contributed by atoms with Crippen LogP contribution in [-0.4, -0.2) is 36.0 Å². The Labute approximate surface area is 106 Å². The van der Waals surface area contributed by atoms with E-state index in [9.17, 15) is 4.79 Å². The smallest absolute Gasteiger partial charge is 0.236 e. The lowest BCUT2D eigenvalue weighted by Gasteiger charge is -2.39. The molecule has 0 radical (unpaired) electrons. The van der Waals surface area contributed by atoms with Gasteiger partial charge in [0.2, 0.25) is 5.91 Å². The minimum Gasteiger partial charge on any atom is -0.342 e. The van der Waals surface area contributed by atoms with Crippen LogP contribution in [0.5, 0.6) is 0 Å². The molecule has 0 atom stereocenters. The van der Waals surface area contributed by atoms with Crippen molar-refractivity contribution in [3.05, 3.63) is 0 Å². The molecule has 0 aromatic carbocycles. The van der Waals surface area contributed by atoms with E-state index in [1.165, 1.54) is 6.42 Å². The van der Waals surface area contributed by atoms with Crippen molar-refractivity contribution in [3.63, 3.8) is 0 Å². The summed E-state index contributed by atoms with van der Waals surface area (Å²) in [5.74, 6) is 0.248. The number of rotatable bonds is 3. The topological polar surface area (TPSA) is 32.3 Å². The molecule has 1 N–H and O–H groups in total. The van der Waals surface area contributed by atoms with Crippen molar-refractivity contribution in [1.29, 1.82) is 0 Å². The van der Waals surface area contributed by atoms with E-state index in [1.807, 2.05) is 4.90 Å². The van der Waals surface area contributed by atoms with E-state index < -0.39 is 0 Å². The van der Waals surface area contributed by atoms with Crippen molar-refractivity contribution < 1.29 is 4.79 Å². The molecule has 1 saturated heterocycles. The van der Waals surface area contributed by atoms with E-state index in [2.05, 4.69) is 39.9 Å². The Morgan fingerprint density at radius 1 is 1.29 bits per heavy atom.